The number of aromatic nitrogens is 3. The number of hydrogen-bond donors (Lipinski definition) is 1. The van der Waals surface area contributed by atoms with E-state index in [1.807, 2.05) is 36.2 Å². The number of carbonyl (C=O) groups excluding carboxylic acids is 1. The van der Waals surface area contributed by atoms with Crippen molar-refractivity contribution in [2.24, 2.45) is 12.8 Å². The van der Waals surface area contributed by atoms with Crippen LogP contribution in [0.5, 0.6) is 0 Å². The van der Waals surface area contributed by atoms with Crippen LogP contribution in [-0.4, -0.2) is 27.2 Å². The van der Waals surface area contributed by atoms with Crippen molar-refractivity contribution in [1.82, 2.24) is 14.8 Å². The third-order valence-electron chi connectivity index (χ3n) is 4.03. The zero-order valence-corrected chi connectivity index (χ0v) is 12.1. The molecule has 3 heterocycles. The van der Waals surface area contributed by atoms with E-state index in [1.165, 1.54) is 0 Å². The monoisotopic (exact) mass is 297 g/mol. The van der Waals surface area contributed by atoms with Crippen LogP contribution in [0.1, 0.15) is 21.7 Å². The van der Waals surface area contributed by atoms with Gasteiger partial charge in [-0.1, -0.05) is 12.1 Å². The summed E-state index contributed by atoms with van der Waals surface area (Å²) in [5.41, 5.74) is 9.24. The molecule has 0 unspecified atom stereocenters. The van der Waals surface area contributed by atoms with Gasteiger partial charge in [-0.15, -0.1) is 0 Å². The summed E-state index contributed by atoms with van der Waals surface area (Å²) >= 11 is 0. The van der Waals surface area contributed by atoms with E-state index in [4.69, 9.17) is 10.2 Å². The number of anilines is 1. The topological polar surface area (TPSA) is 90.2 Å². The lowest BCUT2D eigenvalue weighted by Gasteiger charge is -2.25. The van der Waals surface area contributed by atoms with Crippen molar-refractivity contribution in [2.45, 2.75) is 13.0 Å². The van der Waals surface area contributed by atoms with Crippen molar-refractivity contribution >= 4 is 23.0 Å². The molecule has 0 aliphatic carbocycles. The lowest BCUT2D eigenvalue weighted by molar-refractivity contribution is 0.0994. The van der Waals surface area contributed by atoms with Crippen LogP contribution in [0.3, 0.4) is 0 Å². The highest BCUT2D eigenvalue weighted by atomic mass is 16.4. The number of nitrogens with two attached hydrogens (primary N) is 1. The molecule has 1 aromatic carbocycles. The molecule has 0 bridgehead atoms. The van der Waals surface area contributed by atoms with Gasteiger partial charge in [-0.2, -0.15) is 10.1 Å². The van der Waals surface area contributed by atoms with E-state index in [9.17, 15) is 4.79 Å². The molecule has 22 heavy (non-hydrogen) atoms. The van der Waals surface area contributed by atoms with Gasteiger partial charge in [0.25, 0.3) is 11.9 Å². The van der Waals surface area contributed by atoms with Crippen LogP contribution >= 0.6 is 0 Å². The van der Waals surface area contributed by atoms with Gasteiger partial charge in [0.2, 0.25) is 0 Å². The number of aryl methyl sites for hydroxylation is 1. The summed E-state index contributed by atoms with van der Waals surface area (Å²) in [4.78, 5) is 18.1. The van der Waals surface area contributed by atoms with Gasteiger partial charge in [-0.3, -0.25) is 9.48 Å². The summed E-state index contributed by atoms with van der Waals surface area (Å²) < 4.78 is 7.54. The first-order valence-electron chi connectivity index (χ1n) is 7.08. The van der Waals surface area contributed by atoms with E-state index < -0.39 is 5.91 Å². The minimum absolute atomic E-state index is 0.332. The second-order valence-electron chi connectivity index (χ2n) is 5.40. The summed E-state index contributed by atoms with van der Waals surface area (Å²) in [7, 11) is 1.83. The molecule has 0 saturated carbocycles. The molecule has 2 N–H and O–H groups in total. The van der Waals surface area contributed by atoms with Crippen LogP contribution in [0.25, 0.3) is 11.1 Å². The molecule has 112 valence electrons. The van der Waals surface area contributed by atoms with Gasteiger partial charge in [-0.25, -0.2) is 0 Å². The maximum atomic E-state index is 11.6. The molecule has 7 heteroatoms. The van der Waals surface area contributed by atoms with Crippen LogP contribution in [-0.2, 0) is 20.0 Å². The molecule has 1 aliphatic rings. The number of carbonyl (C=O) groups is 1. The van der Waals surface area contributed by atoms with Crippen molar-refractivity contribution in [2.75, 3.05) is 11.4 Å². The number of fused-ring (bicyclic) bond motifs is 2. The van der Waals surface area contributed by atoms with Crippen LogP contribution in [0.2, 0.25) is 0 Å². The molecular weight excluding hydrogens is 282 g/mol. The van der Waals surface area contributed by atoms with Gasteiger partial charge >= 0.3 is 0 Å². The van der Waals surface area contributed by atoms with Gasteiger partial charge in [0, 0.05) is 31.3 Å². The Bertz CT molecular complexity index is 846. The number of rotatable bonds is 2. The number of oxazole rings is 1. The third kappa shape index (κ3) is 1.86. The third-order valence-corrected chi connectivity index (χ3v) is 4.03. The second-order valence-corrected chi connectivity index (χ2v) is 5.40. The smallest absolute Gasteiger partial charge is 0.298 e. The zero-order chi connectivity index (χ0) is 15.3. The quantitative estimate of drug-likeness (QED) is 0.768. The predicted molar refractivity (Wildman–Crippen MR) is 80.5 cm³/mol. The van der Waals surface area contributed by atoms with Gasteiger partial charge in [0.1, 0.15) is 5.52 Å². The fourth-order valence-corrected chi connectivity index (χ4v) is 2.95. The van der Waals surface area contributed by atoms with E-state index in [2.05, 4.69) is 10.1 Å². The molecule has 4 rings (SSSR count). The minimum atomic E-state index is -0.503. The zero-order valence-electron chi connectivity index (χ0n) is 12.1. The van der Waals surface area contributed by atoms with E-state index in [0.29, 0.717) is 18.3 Å². The van der Waals surface area contributed by atoms with Gasteiger partial charge in [0.15, 0.2) is 11.3 Å². The molecule has 0 radical (unpaired) electrons. The Labute approximate surface area is 126 Å². The Hall–Kier alpha value is -2.83. The van der Waals surface area contributed by atoms with E-state index in [0.717, 1.165) is 35.3 Å². The Morgan fingerprint density at radius 1 is 1.36 bits per heavy atom. The Balaban J connectivity index is 1.73. The van der Waals surface area contributed by atoms with E-state index >= 15 is 0 Å². The fourth-order valence-electron chi connectivity index (χ4n) is 2.95. The van der Waals surface area contributed by atoms with Crippen molar-refractivity contribution in [1.29, 1.82) is 0 Å². The van der Waals surface area contributed by atoms with Crippen molar-refractivity contribution in [3.05, 3.63) is 41.2 Å². The predicted octanol–water partition coefficient (Wildman–Crippen LogP) is 1.22. The molecule has 0 spiro atoms. The standard InChI is InChI=1S/C15H15N5O2/c1-19-11-6-7-20(8-9(11)13(18-19)14(16)21)15-17-10-4-2-3-5-12(10)22-15/h2-5H,6-8H2,1H3,(H2,16,21). The number of amides is 1. The molecule has 1 amide bonds. The van der Waals surface area contributed by atoms with Crippen molar-refractivity contribution in [3.63, 3.8) is 0 Å². The normalized spacial score (nSPS) is 14.3. The van der Waals surface area contributed by atoms with Crippen molar-refractivity contribution < 1.29 is 9.21 Å². The largest absolute Gasteiger partial charge is 0.423 e. The van der Waals surface area contributed by atoms with E-state index in [1.54, 1.807) is 4.68 Å². The molecule has 0 fully saturated rings. The summed E-state index contributed by atoms with van der Waals surface area (Å²) in [6.07, 6.45) is 0.769. The molecule has 0 atom stereocenters. The first kappa shape index (κ1) is 12.9. The first-order chi connectivity index (χ1) is 10.6. The Kier molecular flexibility index (Phi) is 2.69. The summed E-state index contributed by atoms with van der Waals surface area (Å²) in [5.74, 6) is -0.503. The van der Waals surface area contributed by atoms with Gasteiger partial charge < -0.3 is 15.1 Å². The van der Waals surface area contributed by atoms with Crippen LogP contribution in [0, 0.1) is 0 Å². The number of nitrogens with zero attached hydrogens (tertiary/aromatic N) is 4. The fraction of sp³-hybridized carbons (Fsp3) is 0.267. The Morgan fingerprint density at radius 2 is 2.18 bits per heavy atom. The molecule has 2 aromatic heterocycles. The van der Waals surface area contributed by atoms with Gasteiger partial charge in [-0.05, 0) is 12.1 Å². The van der Waals surface area contributed by atoms with E-state index in [-0.39, 0.29) is 0 Å². The lowest BCUT2D eigenvalue weighted by atomic mass is 10.1. The molecule has 1 aliphatic heterocycles. The van der Waals surface area contributed by atoms with Crippen LogP contribution in [0.4, 0.5) is 6.01 Å². The maximum absolute atomic E-state index is 11.6. The number of para-hydroxylation sites is 2. The second kappa shape index (κ2) is 4.59. The van der Waals surface area contributed by atoms with Crippen LogP contribution in [0.15, 0.2) is 28.7 Å². The molecule has 0 saturated heterocycles. The maximum Gasteiger partial charge on any atom is 0.298 e. The molecular formula is C15H15N5O2. The summed E-state index contributed by atoms with van der Waals surface area (Å²) in [5, 5.41) is 4.23. The van der Waals surface area contributed by atoms with Crippen LogP contribution < -0.4 is 10.6 Å². The summed E-state index contributed by atoms with van der Waals surface area (Å²) in [6, 6.07) is 8.20. The summed E-state index contributed by atoms with van der Waals surface area (Å²) in [6.45, 7) is 1.28. The SMILES string of the molecule is Cn1nc(C(N)=O)c2c1CCN(c1nc3ccccc3o1)C2. The average Bonchev–Trinajstić information content (AvgIpc) is 3.08. The molecule has 3 aromatic rings. The average molecular weight is 297 g/mol. The minimum Gasteiger partial charge on any atom is -0.423 e. The molecule has 7 nitrogen and oxygen atoms in total. The highest BCUT2D eigenvalue weighted by Gasteiger charge is 2.28. The number of benzene rings is 1. The highest BCUT2D eigenvalue weighted by Crippen LogP contribution is 2.28. The Morgan fingerprint density at radius 3 is 2.95 bits per heavy atom. The number of primary amides is 1. The van der Waals surface area contributed by atoms with Crippen molar-refractivity contribution in [3.8, 4) is 0 Å². The first-order valence-corrected chi connectivity index (χ1v) is 7.08. The van der Waals surface area contributed by atoms with Gasteiger partial charge in [0.05, 0.1) is 6.54 Å². The highest BCUT2D eigenvalue weighted by molar-refractivity contribution is 5.92. The lowest BCUT2D eigenvalue weighted by Crippen LogP contribution is -2.32. The number of hydrogen-bond acceptors (Lipinski definition) is 5.